The van der Waals surface area contributed by atoms with Crippen LogP contribution < -0.4 is 11.1 Å². The van der Waals surface area contributed by atoms with Crippen LogP contribution in [0.5, 0.6) is 0 Å². The number of hydrogen-bond acceptors (Lipinski definition) is 3. The van der Waals surface area contributed by atoms with E-state index >= 15 is 0 Å². The number of fused-ring (bicyclic) bond motifs is 1. The largest absolute Gasteiger partial charge is 0.419 e. The van der Waals surface area contributed by atoms with E-state index < -0.39 is 23.5 Å². The van der Waals surface area contributed by atoms with Crippen LogP contribution >= 0.6 is 0 Å². The van der Waals surface area contributed by atoms with E-state index in [9.17, 15) is 27.2 Å². The quantitative estimate of drug-likeness (QED) is 0.638. The lowest BCUT2D eigenvalue weighted by atomic mass is 10.0. The lowest BCUT2D eigenvalue weighted by molar-refractivity contribution is -0.139. The Morgan fingerprint density at radius 2 is 1.84 bits per heavy atom. The van der Waals surface area contributed by atoms with Gasteiger partial charge >= 0.3 is 6.18 Å². The zero-order valence-electron chi connectivity index (χ0n) is 12.7. The molecule has 1 aliphatic rings. The summed E-state index contributed by atoms with van der Waals surface area (Å²) in [5, 5.41) is 2.27. The summed E-state index contributed by atoms with van der Waals surface area (Å²) in [6, 6.07) is 5.02. The highest BCUT2D eigenvalue weighted by Crippen LogP contribution is 2.33. The van der Waals surface area contributed by atoms with Gasteiger partial charge in [-0.1, -0.05) is 0 Å². The highest BCUT2D eigenvalue weighted by molar-refractivity contribution is 6.10. The number of carbonyl (C=O) groups excluding carboxylic acids is 2. The fourth-order valence-corrected chi connectivity index (χ4v) is 2.73. The number of nitrogens with two attached hydrogens (primary N) is 1. The number of benzene rings is 2. The zero-order chi connectivity index (χ0) is 18.4. The summed E-state index contributed by atoms with van der Waals surface area (Å²) in [6.45, 7) is 0. The second-order valence-corrected chi connectivity index (χ2v) is 5.67. The molecule has 2 aromatic carbocycles. The first-order valence-electron chi connectivity index (χ1n) is 7.30. The topological polar surface area (TPSA) is 72.2 Å². The number of rotatable bonds is 2. The number of halogens is 4. The van der Waals surface area contributed by atoms with Crippen molar-refractivity contribution in [2.75, 3.05) is 11.1 Å². The molecule has 8 heteroatoms. The number of Topliss-reactive ketones (excluding diaryl/α,β-unsaturated/α-hetero) is 1. The van der Waals surface area contributed by atoms with Crippen molar-refractivity contribution in [3.8, 4) is 0 Å². The fourth-order valence-electron chi connectivity index (χ4n) is 2.73. The molecule has 1 aliphatic carbocycles. The summed E-state index contributed by atoms with van der Waals surface area (Å²) in [5.41, 5.74) is 5.31. The van der Waals surface area contributed by atoms with Crippen LogP contribution in [0.25, 0.3) is 0 Å². The van der Waals surface area contributed by atoms with E-state index in [0.717, 1.165) is 6.07 Å². The molecule has 0 aromatic heterocycles. The maximum absolute atomic E-state index is 13.3. The van der Waals surface area contributed by atoms with Crippen molar-refractivity contribution in [1.29, 1.82) is 0 Å². The molecule has 0 spiro atoms. The van der Waals surface area contributed by atoms with Gasteiger partial charge < -0.3 is 11.1 Å². The van der Waals surface area contributed by atoms with E-state index in [-0.39, 0.29) is 22.7 Å². The van der Waals surface area contributed by atoms with E-state index in [4.69, 9.17) is 5.73 Å². The van der Waals surface area contributed by atoms with E-state index in [1.165, 1.54) is 12.1 Å². The maximum Gasteiger partial charge on any atom is 0.419 e. The zero-order valence-corrected chi connectivity index (χ0v) is 12.7. The van der Waals surface area contributed by atoms with E-state index in [2.05, 4.69) is 5.32 Å². The molecule has 0 unspecified atom stereocenters. The van der Waals surface area contributed by atoms with Gasteiger partial charge in [0.15, 0.2) is 5.78 Å². The van der Waals surface area contributed by atoms with Crippen molar-refractivity contribution < 1.29 is 27.2 Å². The third kappa shape index (κ3) is 3.19. The monoisotopic (exact) mass is 352 g/mol. The minimum atomic E-state index is -4.88. The third-order valence-electron chi connectivity index (χ3n) is 3.97. The Morgan fingerprint density at radius 3 is 2.52 bits per heavy atom. The van der Waals surface area contributed by atoms with Crippen LogP contribution in [0.15, 0.2) is 30.3 Å². The standard InChI is InChI=1S/C17H12F4N2O2/c18-13-3-2-9(6-12(13)17(19,20)21)23-16(25)11-5-8-1-4-15(24)10(8)7-14(11)22/h2-3,5-7H,1,4,22H2,(H,23,25). The molecule has 3 N–H and O–H groups in total. The van der Waals surface area contributed by atoms with Gasteiger partial charge in [-0.25, -0.2) is 4.39 Å². The maximum atomic E-state index is 13.3. The Bertz CT molecular complexity index is 891. The summed E-state index contributed by atoms with van der Waals surface area (Å²) in [4.78, 5) is 24.0. The number of nitrogen functional groups attached to an aromatic ring is 1. The third-order valence-corrected chi connectivity index (χ3v) is 3.97. The summed E-state index contributed by atoms with van der Waals surface area (Å²) in [7, 11) is 0. The van der Waals surface area contributed by atoms with Crippen molar-refractivity contribution >= 4 is 23.1 Å². The number of nitrogens with one attached hydrogen (secondary N) is 1. The molecule has 2 aromatic rings. The Hall–Kier alpha value is -2.90. The van der Waals surface area contributed by atoms with Crippen molar-refractivity contribution in [2.24, 2.45) is 0 Å². The Kier molecular flexibility index (Phi) is 3.98. The molecule has 0 atom stereocenters. The van der Waals surface area contributed by atoms with Crippen molar-refractivity contribution in [3.05, 3.63) is 58.4 Å². The molecular weight excluding hydrogens is 340 g/mol. The highest BCUT2D eigenvalue weighted by Gasteiger charge is 2.34. The molecular formula is C17H12F4N2O2. The van der Waals surface area contributed by atoms with Crippen molar-refractivity contribution in [3.63, 3.8) is 0 Å². The number of anilines is 2. The highest BCUT2D eigenvalue weighted by atomic mass is 19.4. The molecule has 0 fully saturated rings. The second kappa shape index (κ2) is 5.87. The second-order valence-electron chi connectivity index (χ2n) is 5.67. The first-order valence-corrected chi connectivity index (χ1v) is 7.30. The average Bonchev–Trinajstić information content (AvgIpc) is 2.88. The van der Waals surface area contributed by atoms with Crippen LogP contribution in [0.1, 0.15) is 38.3 Å². The molecule has 1 amide bonds. The van der Waals surface area contributed by atoms with Gasteiger partial charge in [0.25, 0.3) is 5.91 Å². The summed E-state index contributed by atoms with van der Waals surface area (Å²) in [5.74, 6) is -2.23. The van der Waals surface area contributed by atoms with Crippen LogP contribution in [0.4, 0.5) is 28.9 Å². The van der Waals surface area contributed by atoms with Gasteiger partial charge in [-0.3, -0.25) is 9.59 Å². The number of aryl methyl sites for hydroxylation is 1. The molecule has 4 nitrogen and oxygen atoms in total. The molecule has 25 heavy (non-hydrogen) atoms. The van der Waals surface area contributed by atoms with Crippen molar-refractivity contribution in [2.45, 2.75) is 19.0 Å². The molecule has 0 heterocycles. The van der Waals surface area contributed by atoms with Gasteiger partial charge in [-0.05, 0) is 42.3 Å². The van der Waals surface area contributed by atoms with Gasteiger partial charge in [0.2, 0.25) is 0 Å². The van der Waals surface area contributed by atoms with E-state index in [0.29, 0.717) is 36.1 Å². The SMILES string of the molecule is Nc1cc2c(cc1C(=O)Nc1ccc(F)c(C(F)(F)F)c1)CCC2=O. The predicted octanol–water partition coefficient (Wildman–Crippen LogP) is 3.81. The molecule has 3 rings (SSSR count). The normalized spacial score (nSPS) is 13.7. The lowest BCUT2D eigenvalue weighted by Crippen LogP contribution is -2.16. The van der Waals surface area contributed by atoms with E-state index in [1.54, 1.807) is 0 Å². The molecule has 0 aliphatic heterocycles. The van der Waals surface area contributed by atoms with Crippen LogP contribution in [-0.2, 0) is 12.6 Å². The first kappa shape index (κ1) is 16.9. The van der Waals surface area contributed by atoms with Crippen LogP contribution in [0, 0.1) is 5.82 Å². The van der Waals surface area contributed by atoms with Gasteiger partial charge in [-0.2, -0.15) is 13.2 Å². The lowest BCUT2D eigenvalue weighted by Gasteiger charge is -2.12. The van der Waals surface area contributed by atoms with E-state index in [1.807, 2.05) is 0 Å². The van der Waals surface area contributed by atoms with Gasteiger partial charge in [-0.15, -0.1) is 0 Å². The van der Waals surface area contributed by atoms with Crippen LogP contribution in [0.3, 0.4) is 0 Å². The molecule has 0 bridgehead atoms. The van der Waals surface area contributed by atoms with Gasteiger partial charge in [0.05, 0.1) is 11.1 Å². The molecule has 0 radical (unpaired) electrons. The number of ketones is 1. The summed E-state index contributed by atoms with van der Waals surface area (Å²) >= 11 is 0. The number of amides is 1. The minimum absolute atomic E-state index is 0.0460. The average molecular weight is 352 g/mol. The minimum Gasteiger partial charge on any atom is -0.398 e. The Morgan fingerprint density at radius 1 is 1.12 bits per heavy atom. The number of carbonyl (C=O) groups is 2. The van der Waals surface area contributed by atoms with Gasteiger partial charge in [0.1, 0.15) is 5.82 Å². The fraction of sp³-hybridized carbons (Fsp3) is 0.176. The van der Waals surface area contributed by atoms with Crippen LogP contribution in [0.2, 0.25) is 0 Å². The molecule has 0 saturated carbocycles. The molecule has 130 valence electrons. The number of alkyl halides is 3. The molecule has 0 saturated heterocycles. The first-order chi connectivity index (χ1) is 11.7. The van der Waals surface area contributed by atoms with Gasteiger partial charge in [0, 0.05) is 23.4 Å². The van der Waals surface area contributed by atoms with Crippen LogP contribution in [-0.4, -0.2) is 11.7 Å². The summed E-state index contributed by atoms with van der Waals surface area (Å²) in [6.07, 6.45) is -4.08. The van der Waals surface area contributed by atoms with Crippen molar-refractivity contribution in [1.82, 2.24) is 0 Å². The summed E-state index contributed by atoms with van der Waals surface area (Å²) < 4.78 is 51.5. The Balaban J connectivity index is 1.90. The smallest absolute Gasteiger partial charge is 0.398 e. The number of hydrogen-bond donors (Lipinski definition) is 2. The Labute approximate surface area is 139 Å². The predicted molar refractivity (Wildman–Crippen MR) is 82.9 cm³/mol.